The fourth-order valence-electron chi connectivity index (χ4n) is 2.66. The van der Waals surface area contributed by atoms with E-state index in [1.807, 2.05) is 0 Å². The van der Waals surface area contributed by atoms with E-state index >= 15 is 0 Å². The number of nitroso groups, excluding NO2 is 1. The first-order valence-corrected chi connectivity index (χ1v) is 9.47. The Morgan fingerprint density at radius 2 is 1.96 bits per heavy atom. The van der Waals surface area contributed by atoms with Crippen molar-refractivity contribution in [1.29, 1.82) is 0 Å². The standard InChI is InChI=1S/C17H19N3O4S/c21-19-17-11-13(20-25(22,23)15-6-2-1-3-7-15)8-9-16(17)18-12-14-5-4-10-24-14/h1-3,6-9,11,14,18,20H,4-5,10,12H2. The maximum atomic E-state index is 12.3. The Balaban J connectivity index is 1.73. The van der Waals surface area contributed by atoms with E-state index in [2.05, 4.69) is 15.2 Å². The monoisotopic (exact) mass is 361 g/mol. The van der Waals surface area contributed by atoms with Crippen molar-refractivity contribution in [2.75, 3.05) is 23.2 Å². The number of hydrogen-bond acceptors (Lipinski definition) is 6. The molecule has 132 valence electrons. The van der Waals surface area contributed by atoms with Gasteiger partial charge < -0.3 is 10.1 Å². The fourth-order valence-corrected chi connectivity index (χ4v) is 3.73. The molecule has 0 saturated carbocycles. The van der Waals surface area contributed by atoms with E-state index in [9.17, 15) is 13.3 Å². The van der Waals surface area contributed by atoms with Gasteiger partial charge in [0.1, 0.15) is 5.69 Å². The van der Waals surface area contributed by atoms with E-state index in [0.29, 0.717) is 12.2 Å². The zero-order chi connectivity index (χ0) is 17.7. The lowest BCUT2D eigenvalue weighted by atomic mass is 10.2. The lowest BCUT2D eigenvalue weighted by Gasteiger charge is -2.14. The summed E-state index contributed by atoms with van der Waals surface area (Å²) in [5, 5.41) is 6.12. The van der Waals surface area contributed by atoms with Crippen molar-refractivity contribution >= 4 is 27.1 Å². The van der Waals surface area contributed by atoms with Gasteiger partial charge in [0.25, 0.3) is 10.0 Å². The summed E-state index contributed by atoms with van der Waals surface area (Å²) in [6.07, 6.45) is 2.13. The molecular weight excluding hydrogens is 342 g/mol. The smallest absolute Gasteiger partial charge is 0.261 e. The quantitative estimate of drug-likeness (QED) is 0.736. The predicted octanol–water partition coefficient (Wildman–Crippen LogP) is 3.48. The Morgan fingerprint density at radius 1 is 1.16 bits per heavy atom. The number of nitrogens with zero attached hydrogens (tertiary/aromatic N) is 1. The molecule has 2 aromatic rings. The Labute approximate surface area is 146 Å². The van der Waals surface area contributed by atoms with Gasteiger partial charge in [0, 0.05) is 13.2 Å². The number of sulfonamides is 1. The average molecular weight is 361 g/mol. The number of rotatable bonds is 7. The van der Waals surface area contributed by atoms with Gasteiger partial charge in [-0.2, -0.15) is 0 Å². The van der Waals surface area contributed by atoms with Crippen LogP contribution < -0.4 is 10.0 Å². The molecule has 0 amide bonds. The van der Waals surface area contributed by atoms with Crippen molar-refractivity contribution in [2.24, 2.45) is 5.18 Å². The molecule has 3 rings (SSSR count). The molecule has 7 nitrogen and oxygen atoms in total. The Kier molecular flexibility index (Phi) is 5.30. The van der Waals surface area contributed by atoms with E-state index in [1.54, 1.807) is 30.3 Å². The highest BCUT2D eigenvalue weighted by Gasteiger charge is 2.17. The van der Waals surface area contributed by atoms with Gasteiger partial charge in [0.15, 0.2) is 0 Å². The zero-order valence-corrected chi connectivity index (χ0v) is 14.3. The molecule has 25 heavy (non-hydrogen) atoms. The number of anilines is 2. The van der Waals surface area contributed by atoms with Crippen LogP contribution in [0.15, 0.2) is 58.6 Å². The summed E-state index contributed by atoms with van der Waals surface area (Å²) in [6.45, 7) is 1.34. The van der Waals surface area contributed by atoms with Gasteiger partial charge in [-0.15, -0.1) is 4.91 Å². The summed E-state index contributed by atoms with van der Waals surface area (Å²) in [5.41, 5.74) is 0.973. The lowest BCUT2D eigenvalue weighted by Crippen LogP contribution is -2.18. The minimum atomic E-state index is -3.71. The third kappa shape index (κ3) is 4.34. The Hall–Kier alpha value is -2.45. The highest BCUT2D eigenvalue weighted by atomic mass is 32.2. The molecule has 0 aliphatic carbocycles. The highest BCUT2D eigenvalue weighted by molar-refractivity contribution is 7.92. The van der Waals surface area contributed by atoms with Crippen LogP contribution in [0.5, 0.6) is 0 Å². The van der Waals surface area contributed by atoms with Crippen LogP contribution in [0.25, 0.3) is 0 Å². The molecule has 2 aromatic carbocycles. The summed E-state index contributed by atoms with van der Waals surface area (Å²) in [6, 6.07) is 12.7. The first kappa shape index (κ1) is 17.4. The molecule has 1 unspecified atom stereocenters. The van der Waals surface area contributed by atoms with E-state index in [0.717, 1.165) is 19.4 Å². The average Bonchev–Trinajstić information content (AvgIpc) is 3.14. The van der Waals surface area contributed by atoms with E-state index < -0.39 is 10.0 Å². The van der Waals surface area contributed by atoms with Crippen LogP contribution in [-0.2, 0) is 14.8 Å². The molecule has 0 radical (unpaired) electrons. The summed E-state index contributed by atoms with van der Waals surface area (Å²) < 4.78 is 32.6. The molecule has 1 saturated heterocycles. The van der Waals surface area contributed by atoms with Crippen LogP contribution in [0, 0.1) is 4.91 Å². The largest absolute Gasteiger partial charge is 0.381 e. The minimum Gasteiger partial charge on any atom is -0.381 e. The van der Waals surface area contributed by atoms with Crippen molar-refractivity contribution in [3.05, 3.63) is 53.4 Å². The third-order valence-corrected chi connectivity index (χ3v) is 5.34. The van der Waals surface area contributed by atoms with Gasteiger partial charge >= 0.3 is 0 Å². The summed E-state index contributed by atoms with van der Waals surface area (Å²) in [7, 11) is -3.71. The summed E-state index contributed by atoms with van der Waals surface area (Å²) in [4.78, 5) is 11.3. The maximum Gasteiger partial charge on any atom is 0.261 e. The molecule has 0 spiro atoms. The number of hydrogen-bond donors (Lipinski definition) is 2. The lowest BCUT2D eigenvalue weighted by molar-refractivity contribution is 0.120. The zero-order valence-electron chi connectivity index (χ0n) is 13.5. The molecule has 8 heteroatoms. The second kappa shape index (κ2) is 7.62. The maximum absolute atomic E-state index is 12.3. The predicted molar refractivity (Wildman–Crippen MR) is 96.6 cm³/mol. The molecule has 1 atom stereocenters. The van der Waals surface area contributed by atoms with Crippen LogP contribution in [0.3, 0.4) is 0 Å². The molecule has 2 N–H and O–H groups in total. The summed E-state index contributed by atoms with van der Waals surface area (Å²) in [5.74, 6) is 0. The van der Waals surface area contributed by atoms with Crippen LogP contribution in [0.2, 0.25) is 0 Å². The van der Waals surface area contributed by atoms with Crippen molar-refractivity contribution in [3.8, 4) is 0 Å². The van der Waals surface area contributed by atoms with Crippen molar-refractivity contribution in [2.45, 2.75) is 23.8 Å². The SMILES string of the molecule is O=Nc1cc(NS(=O)(=O)c2ccccc2)ccc1NCC1CCCO1. The van der Waals surface area contributed by atoms with Gasteiger partial charge in [0.05, 0.1) is 22.4 Å². The van der Waals surface area contributed by atoms with Crippen molar-refractivity contribution in [3.63, 3.8) is 0 Å². The second-order valence-corrected chi connectivity index (χ2v) is 7.44. The van der Waals surface area contributed by atoms with Gasteiger partial charge in [-0.25, -0.2) is 8.42 Å². The molecule has 0 bridgehead atoms. The van der Waals surface area contributed by atoms with Gasteiger partial charge in [-0.1, -0.05) is 18.2 Å². The second-order valence-electron chi connectivity index (χ2n) is 5.76. The van der Waals surface area contributed by atoms with Crippen LogP contribution in [0.1, 0.15) is 12.8 Å². The molecule has 1 aliphatic heterocycles. The van der Waals surface area contributed by atoms with Gasteiger partial charge in [-0.3, -0.25) is 4.72 Å². The highest BCUT2D eigenvalue weighted by Crippen LogP contribution is 2.30. The van der Waals surface area contributed by atoms with Gasteiger partial charge in [0.2, 0.25) is 0 Å². The first-order chi connectivity index (χ1) is 12.1. The normalized spacial score (nSPS) is 17.2. The number of nitrogens with one attached hydrogen (secondary N) is 2. The fraction of sp³-hybridized carbons (Fsp3) is 0.294. The Morgan fingerprint density at radius 3 is 2.64 bits per heavy atom. The van der Waals surface area contributed by atoms with Crippen LogP contribution in [-0.4, -0.2) is 27.7 Å². The van der Waals surface area contributed by atoms with E-state index in [1.165, 1.54) is 18.2 Å². The molecule has 1 aliphatic rings. The van der Waals surface area contributed by atoms with Crippen LogP contribution in [0.4, 0.5) is 17.1 Å². The number of ether oxygens (including phenoxy) is 1. The molecule has 1 heterocycles. The third-order valence-electron chi connectivity index (χ3n) is 3.95. The van der Waals surface area contributed by atoms with E-state index in [-0.39, 0.29) is 22.4 Å². The topological polar surface area (TPSA) is 96.9 Å². The molecular formula is C17H19N3O4S. The van der Waals surface area contributed by atoms with Crippen molar-refractivity contribution < 1.29 is 13.2 Å². The minimum absolute atomic E-state index is 0.121. The number of benzene rings is 2. The van der Waals surface area contributed by atoms with Crippen molar-refractivity contribution in [1.82, 2.24) is 0 Å². The van der Waals surface area contributed by atoms with E-state index in [4.69, 9.17) is 4.74 Å². The molecule has 0 aromatic heterocycles. The van der Waals surface area contributed by atoms with Crippen LogP contribution >= 0.6 is 0 Å². The van der Waals surface area contributed by atoms with Gasteiger partial charge in [-0.05, 0) is 48.4 Å². The summed E-state index contributed by atoms with van der Waals surface area (Å²) >= 11 is 0. The molecule has 1 fully saturated rings. The first-order valence-electron chi connectivity index (χ1n) is 7.99. The Bertz CT molecular complexity index is 834.